The van der Waals surface area contributed by atoms with Crippen LogP contribution in [0.25, 0.3) is 0 Å². The summed E-state index contributed by atoms with van der Waals surface area (Å²) in [5.41, 5.74) is 1.36. The van der Waals surface area contributed by atoms with Crippen molar-refractivity contribution < 1.29 is 0 Å². The Balaban J connectivity index is 2.18. The molecule has 3 unspecified atom stereocenters. The SMILES string of the molecule is CCC1CN(C(C)c2ccc(Cl)cc2)C(C(C)C)CN1. The van der Waals surface area contributed by atoms with Crippen LogP contribution in [0.1, 0.15) is 45.7 Å². The van der Waals surface area contributed by atoms with Crippen LogP contribution in [0.2, 0.25) is 5.02 Å². The number of halogens is 1. The van der Waals surface area contributed by atoms with Gasteiger partial charge in [0, 0.05) is 36.2 Å². The van der Waals surface area contributed by atoms with E-state index in [1.165, 1.54) is 12.0 Å². The fourth-order valence-corrected chi connectivity index (χ4v) is 3.26. The first-order valence-corrected chi connectivity index (χ1v) is 8.15. The molecule has 0 bridgehead atoms. The van der Waals surface area contributed by atoms with Gasteiger partial charge in [0.1, 0.15) is 0 Å². The van der Waals surface area contributed by atoms with Crippen molar-refractivity contribution >= 4 is 11.6 Å². The first-order valence-electron chi connectivity index (χ1n) is 7.77. The van der Waals surface area contributed by atoms with Crippen molar-refractivity contribution in [1.29, 1.82) is 0 Å². The Morgan fingerprint density at radius 3 is 2.45 bits per heavy atom. The third kappa shape index (κ3) is 3.55. The predicted octanol–water partition coefficient (Wildman–Crippen LogP) is 4.11. The highest BCUT2D eigenvalue weighted by Crippen LogP contribution is 2.28. The fourth-order valence-electron chi connectivity index (χ4n) is 3.13. The van der Waals surface area contributed by atoms with E-state index in [-0.39, 0.29) is 0 Å². The highest BCUT2D eigenvalue weighted by molar-refractivity contribution is 6.30. The van der Waals surface area contributed by atoms with Crippen molar-refractivity contribution in [2.45, 2.75) is 52.2 Å². The molecule has 112 valence electrons. The molecule has 1 aromatic rings. The van der Waals surface area contributed by atoms with Gasteiger partial charge in [-0.25, -0.2) is 0 Å². The summed E-state index contributed by atoms with van der Waals surface area (Å²) in [6, 6.07) is 9.97. The zero-order valence-electron chi connectivity index (χ0n) is 13.1. The van der Waals surface area contributed by atoms with E-state index in [0.717, 1.165) is 18.1 Å². The van der Waals surface area contributed by atoms with E-state index in [1.54, 1.807) is 0 Å². The second kappa shape index (κ2) is 6.93. The van der Waals surface area contributed by atoms with E-state index in [1.807, 2.05) is 12.1 Å². The number of nitrogens with zero attached hydrogens (tertiary/aromatic N) is 1. The zero-order valence-corrected chi connectivity index (χ0v) is 13.8. The number of hydrogen-bond acceptors (Lipinski definition) is 2. The lowest BCUT2D eigenvalue weighted by atomic mass is 9.94. The van der Waals surface area contributed by atoms with Crippen molar-refractivity contribution in [3.8, 4) is 0 Å². The first kappa shape index (κ1) is 15.8. The maximum absolute atomic E-state index is 6.00. The summed E-state index contributed by atoms with van der Waals surface area (Å²) in [6.45, 7) is 11.4. The Bertz CT molecular complexity index is 416. The molecule has 1 heterocycles. The second-order valence-corrected chi connectivity index (χ2v) is 6.69. The van der Waals surface area contributed by atoms with E-state index in [9.17, 15) is 0 Å². The van der Waals surface area contributed by atoms with Crippen molar-refractivity contribution in [2.75, 3.05) is 13.1 Å². The van der Waals surface area contributed by atoms with Gasteiger partial charge >= 0.3 is 0 Å². The summed E-state index contributed by atoms with van der Waals surface area (Å²) in [4.78, 5) is 2.67. The molecule has 2 nitrogen and oxygen atoms in total. The van der Waals surface area contributed by atoms with Gasteiger partial charge in [-0.05, 0) is 37.0 Å². The molecule has 3 atom stereocenters. The van der Waals surface area contributed by atoms with Gasteiger partial charge in [-0.2, -0.15) is 0 Å². The molecule has 0 radical (unpaired) electrons. The highest BCUT2D eigenvalue weighted by atomic mass is 35.5. The van der Waals surface area contributed by atoms with Gasteiger partial charge < -0.3 is 5.32 Å². The van der Waals surface area contributed by atoms with E-state index in [2.05, 4.69) is 50.0 Å². The van der Waals surface area contributed by atoms with Crippen LogP contribution >= 0.6 is 11.6 Å². The van der Waals surface area contributed by atoms with Crippen LogP contribution in [0.4, 0.5) is 0 Å². The third-order valence-corrected chi connectivity index (χ3v) is 4.84. The molecular formula is C17H27ClN2. The molecule has 2 rings (SSSR count). The van der Waals surface area contributed by atoms with Crippen molar-refractivity contribution in [3.63, 3.8) is 0 Å². The second-order valence-electron chi connectivity index (χ2n) is 6.25. The largest absolute Gasteiger partial charge is 0.311 e. The molecule has 0 saturated carbocycles. The van der Waals surface area contributed by atoms with Crippen LogP contribution in [0, 0.1) is 5.92 Å². The molecule has 0 amide bonds. The summed E-state index contributed by atoms with van der Waals surface area (Å²) >= 11 is 6.00. The Morgan fingerprint density at radius 2 is 1.90 bits per heavy atom. The standard InChI is InChI=1S/C17H27ClN2/c1-5-16-11-20(17(10-19-16)12(2)3)13(4)14-6-8-15(18)9-7-14/h6-9,12-13,16-17,19H,5,10-11H2,1-4H3. The third-order valence-electron chi connectivity index (χ3n) is 4.59. The van der Waals surface area contributed by atoms with Gasteiger partial charge in [0.05, 0.1) is 0 Å². The molecule has 1 aliphatic rings. The monoisotopic (exact) mass is 294 g/mol. The van der Waals surface area contributed by atoms with Gasteiger partial charge in [-0.3, -0.25) is 4.90 Å². The highest BCUT2D eigenvalue weighted by Gasteiger charge is 2.32. The van der Waals surface area contributed by atoms with Crippen LogP contribution in [0.15, 0.2) is 24.3 Å². The normalized spacial score (nSPS) is 25.9. The minimum atomic E-state index is 0.441. The molecule has 20 heavy (non-hydrogen) atoms. The van der Waals surface area contributed by atoms with E-state index in [4.69, 9.17) is 11.6 Å². The average molecular weight is 295 g/mol. The van der Waals surface area contributed by atoms with Crippen LogP contribution in [-0.4, -0.2) is 30.1 Å². The predicted molar refractivity (Wildman–Crippen MR) is 87.3 cm³/mol. The molecular weight excluding hydrogens is 268 g/mol. The van der Waals surface area contributed by atoms with Crippen molar-refractivity contribution in [3.05, 3.63) is 34.9 Å². The molecule has 1 aliphatic heterocycles. The summed E-state index contributed by atoms with van der Waals surface area (Å²) < 4.78 is 0. The Kier molecular flexibility index (Phi) is 5.48. The molecule has 0 spiro atoms. The molecule has 0 aliphatic carbocycles. The van der Waals surface area contributed by atoms with Gasteiger partial charge in [-0.1, -0.05) is 44.5 Å². The number of benzene rings is 1. The van der Waals surface area contributed by atoms with Gasteiger partial charge in [0.2, 0.25) is 0 Å². The first-order chi connectivity index (χ1) is 9.52. The van der Waals surface area contributed by atoms with Crippen LogP contribution in [0.3, 0.4) is 0 Å². The Morgan fingerprint density at radius 1 is 1.25 bits per heavy atom. The molecule has 1 fully saturated rings. The summed E-state index contributed by atoms with van der Waals surface area (Å²) in [5, 5.41) is 4.50. The number of hydrogen-bond donors (Lipinski definition) is 1. The topological polar surface area (TPSA) is 15.3 Å². The van der Waals surface area contributed by atoms with Crippen LogP contribution in [-0.2, 0) is 0 Å². The van der Waals surface area contributed by atoms with E-state index >= 15 is 0 Å². The van der Waals surface area contributed by atoms with Gasteiger partial charge in [0.15, 0.2) is 0 Å². The lowest BCUT2D eigenvalue weighted by Crippen LogP contribution is -2.58. The van der Waals surface area contributed by atoms with Crippen molar-refractivity contribution in [2.24, 2.45) is 5.92 Å². The number of piperazine rings is 1. The lowest BCUT2D eigenvalue weighted by molar-refractivity contribution is 0.0610. The van der Waals surface area contributed by atoms with Crippen LogP contribution in [0.5, 0.6) is 0 Å². The molecule has 1 saturated heterocycles. The summed E-state index contributed by atoms with van der Waals surface area (Å²) in [7, 11) is 0. The average Bonchev–Trinajstić information content (AvgIpc) is 2.46. The quantitative estimate of drug-likeness (QED) is 0.899. The van der Waals surface area contributed by atoms with E-state index in [0.29, 0.717) is 24.0 Å². The lowest BCUT2D eigenvalue weighted by Gasteiger charge is -2.45. The smallest absolute Gasteiger partial charge is 0.0406 e. The molecule has 1 aromatic carbocycles. The van der Waals surface area contributed by atoms with Gasteiger partial charge in [-0.15, -0.1) is 0 Å². The van der Waals surface area contributed by atoms with Crippen LogP contribution < -0.4 is 5.32 Å². The Hall–Kier alpha value is -0.570. The van der Waals surface area contributed by atoms with Gasteiger partial charge in [0.25, 0.3) is 0 Å². The molecule has 3 heteroatoms. The Labute approximate surface area is 128 Å². The maximum Gasteiger partial charge on any atom is 0.0406 e. The van der Waals surface area contributed by atoms with Crippen molar-refractivity contribution in [1.82, 2.24) is 10.2 Å². The maximum atomic E-state index is 6.00. The fraction of sp³-hybridized carbons (Fsp3) is 0.647. The zero-order chi connectivity index (χ0) is 14.7. The molecule has 1 N–H and O–H groups in total. The number of nitrogens with one attached hydrogen (secondary N) is 1. The minimum Gasteiger partial charge on any atom is -0.311 e. The summed E-state index contributed by atoms with van der Waals surface area (Å²) in [5.74, 6) is 0.662. The summed E-state index contributed by atoms with van der Waals surface area (Å²) in [6.07, 6.45) is 1.19. The number of rotatable bonds is 4. The van der Waals surface area contributed by atoms with E-state index < -0.39 is 0 Å². The minimum absolute atomic E-state index is 0.441. The molecule has 0 aromatic heterocycles.